The number of esters is 1. The van der Waals surface area contributed by atoms with Gasteiger partial charge in [0.2, 0.25) is 0 Å². The molecular weight excluding hydrogens is 216 g/mol. The molecule has 15 heavy (non-hydrogen) atoms. The minimum absolute atomic E-state index is 0.332. The molecule has 1 aromatic rings. The Hall–Kier alpha value is -1.22. The van der Waals surface area contributed by atoms with Crippen molar-refractivity contribution in [2.75, 3.05) is 13.7 Å². The number of carbonyl (C=O) groups excluding carboxylic acids is 1. The molecule has 0 amide bonds. The van der Waals surface area contributed by atoms with Crippen molar-refractivity contribution in [3.05, 3.63) is 29.8 Å². The Labute approximate surface area is 93.9 Å². The smallest absolute Gasteiger partial charge is 0.328 e. The molecule has 3 nitrogen and oxygen atoms in total. The van der Waals surface area contributed by atoms with E-state index in [0.717, 1.165) is 5.75 Å². The summed E-state index contributed by atoms with van der Waals surface area (Å²) in [6, 6.07) is 6.99. The summed E-state index contributed by atoms with van der Waals surface area (Å²) in [5, 5.41) is -0.754. The lowest BCUT2D eigenvalue weighted by atomic mass is 10.1. The fraction of sp³-hybridized carbons (Fsp3) is 0.364. The maximum atomic E-state index is 11.3. The van der Waals surface area contributed by atoms with E-state index in [0.29, 0.717) is 12.2 Å². The predicted octanol–water partition coefficient (Wildman–Crippen LogP) is 2.54. The molecule has 4 heteroatoms. The zero-order valence-corrected chi connectivity index (χ0v) is 9.45. The van der Waals surface area contributed by atoms with Crippen LogP contribution in [-0.4, -0.2) is 19.7 Å². The third-order valence-electron chi connectivity index (χ3n) is 1.90. The Morgan fingerprint density at radius 2 is 2.00 bits per heavy atom. The molecule has 0 fully saturated rings. The average molecular weight is 229 g/mol. The molecule has 0 N–H and O–H groups in total. The number of rotatable bonds is 4. The van der Waals surface area contributed by atoms with E-state index < -0.39 is 11.3 Å². The van der Waals surface area contributed by atoms with Crippen molar-refractivity contribution >= 4 is 17.6 Å². The standard InChI is InChI=1S/C11H13ClO3/c1-3-15-11(13)10(12)8-4-6-9(14-2)7-5-8/h4-7,10H,3H2,1-2H3. The van der Waals surface area contributed by atoms with E-state index >= 15 is 0 Å². The third kappa shape index (κ3) is 3.13. The van der Waals surface area contributed by atoms with Gasteiger partial charge in [-0.25, -0.2) is 0 Å². The Kier molecular flexibility index (Phi) is 4.43. The van der Waals surface area contributed by atoms with Gasteiger partial charge >= 0.3 is 5.97 Å². The first-order valence-electron chi connectivity index (χ1n) is 4.63. The number of hydrogen-bond acceptors (Lipinski definition) is 3. The normalized spacial score (nSPS) is 11.9. The Balaban J connectivity index is 2.73. The summed E-state index contributed by atoms with van der Waals surface area (Å²) >= 11 is 5.92. The molecule has 1 atom stereocenters. The molecule has 0 spiro atoms. The molecule has 0 saturated heterocycles. The van der Waals surface area contributed by atoms with Crippen molar-refractivity contribution in [1.29, 1.82) is 0 Å². The molecule has 0 bridgehead atoms. The number of benzene rings is 1. The van der Waals surface area contributed by atoms with Gasteiger partial charge in [-0.2, -0.15) is 0 Å². The highest BCUT2D eigenvalue weighted by Crippen LogP contribution is 2.23. The number of hydrogen-bond donors (Lipinski definition) is 0. The fourth-order valence-electron chi connectivity index (χ4n) is 1.12. The maximum Gasteiger partial charge on any atom is 0.328 e. The predicted molar refractivity (Wildman–Crippen MR) is 58.2 cm³/mol. The highest BCUT2D eigenvalue weighted by molar-refractivity contribution is 6.29. The van der Waals surface area contributed by atoms with Crippen LogP contribution in [0.3, 0.4) is 0 Å². The summed E-state index contributed by atoms with van der Waals surface area (Å²) < 4.78 is 9.81. The second-order valence-electron chi connectivity index (χ2n) is 2.89. The van der Waals surface area contributed by atoms with Gasteiger partial charge in [0, 0.05) is 0 Å². The summed E-state index contributed by atoms with van der Waals surface area (Å²) in [4.78, 5) is 11.3. The van der Waals surface area contributed by atoms with Gasteiger partial charge in [-0.3, -0.25) is 4.79 Å². The van der Waals surface area contributed by atoms with Gasteiger partial charge < -0.3 is 9.47 Å². The number of alkyl halides is 1. The fourth-order valence-corrected chi connectivity index (χ4v) is 1.33. The molecule has 82 valence electrons. The molecule has 0 aliphatic heterocycles. The Morgan fingerprint density at radius 1 is 1.40 bits per heavy atom. The van der Waals surface area contributed by atoms with E-state index in [1.807, 2.05) is 0 Å². The van der Waals surface area contributed by atoms with E-state index in [4.69, 9.17) is 21.1 Å². The number of methoxy groups -OCH3 is 1. The van der Waals surface area contributed by atoms with Crippen molar-refractivity contribution in [3.63, 3.8) is 0 Å². The van der Waals surface area contributed by atoms with Gasteiger partial charge in [-0.05, 0) is 24.6 Å². The molecule has 0 saturated carbocycles. The summed E-state index contributed by atoms with van der Waals surface area (Å²) in [6.07, 6.45) is 0. The molecule has 1 unspecified atom stereocenters. The number of carbonyl (C=O) groups is 1. The molecule has 0 aliphatic carbocycles. The summed E-state index contributed by atoms with van der Waals surface area (Å²) in [7, 11) is 1.58. The van der Waals surface area contributed by atoms with Crippen LogP contribution in [-0.2, 0) is 9.53 Å². The molecule has 1 aromatic carbocycles. The molecular formula is C11H13ClO3. The van der Waals surface area contributed by atoms with Gasteiger partial charge in [-0.1, -0.05) is 12.1 Å². The molecule has 0 radical (unpaired) electrons. The minimum atomic E-state index is -0.754. The van der Waals surface area contributed by atoms with Gasteiger partial charge in [0.25, 0.3) is 0 Å². The highest BCUT2D eigenvalue weighted by Gasteiger charge is 2.18. The van der Waals surface area contributed by atoms with Crippen molar-refractivity contribution < 1.29 is 14.3 Å². The van der Waals surface area contributed by atoms with Gasteiger partial charge in [0.1, 0.15) is 5.75 Å². The van der Waals surface area contributed by atoms with Crippen LogP contribution in [0.15, 0.2) is 24.3 Å². The van der Waals surface area contributed by atoms with E-state index in [-0.39, 0.29) is 0 Å². The van der Waals surface area contributed by atoms with E-state index in [9.17, 15) is 4.79 Å². The van der Waals surface area contributed by atoms with Crippen molar-refractivity contribution in [2.45, 2.75) is 12.3 Å². The van der Waals surface area contributed by atoms with Crippen LogP contribution in [0.5, 0.6) is 5.75 Å². The molecule has 0 heterocycles. The van der Waals surface area contributed by atoms with Crippen LogP contribution in [0.1, 0.15) is 17.9 Å². The van der Waals surface area contributed by atoms with Gasteiger partial charge in [-0.15, -0.1) is 11.6 Å². The lowest BCUT2D eigenvalue weighted by molar-refractivity contribution is -0.142. The van der Waals surface area contributed by atoms with Crippen molar-refractivity contribution in [2.24, 2.45) is 0 Å². The van der Waals surface area contributed by atoms with E-state index in [2.05, 4.69) is 0 Å². The molecule has 0 aliphatic rings. The highest BCUT2D eigenvalue weighted by atomic mass is 35.5. The first-order chi connectivity index (χ1) is 7.19. The van der Waals surface area contributed by atoms with E-state index in [1.165, 1.54) is 0 Å². The quantitative estimate of drug-likeness (QED) is 0.587. The third-order valence-corrected chi connectivity index (χ3v) is 2.33. The summed E-state index contributed by atoms with van der Waals surface area (Å²) in [5.41, 5.74) is 0.705. The number of ether oxygens (including phenoxy) is 2. The average Bonchev–Trinajstić information content (AvgIpc) is 2.28. The minimum Gasteiger partial charge on any atom is -0.497 e. The maximum absolute atomic E-state index is 11.3. The van der Waals surface area contributed by atoms with Gasteiger partial charge in [0.05, 0.1) is 13.7 Å². The van der Waals surface area contributed by atoms with Crippen molar-refractivity contribution in [3.8, 4) is 5.75 Å². The molecule has 0 aromatic heterocycles. The summed E-state index contributed by atoms with van der Waals surface area (Å²) in [6.45, 7) is 2.08. The van der Waals surface area contributed by atoms with Crippen LogP contribution in [0, 0.1) is 0 Å². The lowest BCUT2D eigenvalue weighted by Crippen LogP contribution is -2.10. The first kappa shape index (κ1) is 11.9. The zero-order chi connectivity index (χ0) is 11.3. The second kappa shape index (κ2) is 5.61. The Morgan fingerprint density at radius 3 is 2.47 bits per heavy atom. The Bertz CT molecular complexity index is 321. The van der Waals surface area contributed by atoms with Crippen LogP contribution in [0.4, 0.5) is 0 Å². The van der Waals surface area contributed by atoms with E-state index in [1.54, 1.807) is 38.3 Å². The van der Waals surface area contributed by atoms with Crippen LogP contribution >= 0.6 is 11.6 Å². The van der Waals surface area contributed by atoms with Crippen LogP contribution < -0.4 is 4.74 Å². The topological polar surface area (TPSA) is 35.5 Å². The zero-order valence-electron chi connectivity index (χ0n) is 8.70. The van der Waals surface area contributed by atoms with Crippen LogP contribution in [0.2, 0.25) is 0 Å². The van der Waals surface area contributed by atoms with Crippen molar-refractivity contribution in [1.82, 2.24) is 0 Å². The monoisotopic (exact) mass is 228 g/mol. The van der Waals surface area contributed by atoms with Gasteiger partial charge in [0.15, 0.2) is 5.38 Å². The molecule has 1 rings (SSSR count). The second-order valence-corrected chi connectivity index (χ2v) is 3.32. The van der Waals surface area contributed by atoms with Crippen LogP contribution in [0.25, 0.3) is 0 Å². The first-order valence-corrected chi connectivity index (χ1v) is 5.07. The SMILES string of the molecule is CCOC(=O)C(Cl)c1ccc(OC)cc1. The lowest BCUT2D eigenvalue weighted by Gasteiger charge is -2.09. The largest absolute Gasteiger partial charge is 0.497 e. The summed E-state index contributed by atoms with van der Waals surface area (Å²) in [5.74, 6) is 0.302. The number of halogens is 1.